The summed E-state index contributed by atoms with van der Waals surface area (Å²) in [6.45, 7) is 3.81. The molecule has 7 heterocycles. The zero-order valence-corrected chi connectivity index (χ0v) is 46.1. The first-order valence-corrected chi connectivity index (χ1v) is 28.9. The molecule has 0 saturated heterocycles. The molecule has 0 saturated carbocycles. The van der Waals surface area contributed by atoms with Gasteiger partial charge in [0.1, 0.15) is 3.85 Å². The Morgan fingerprint density at radius 2 is 0.607 bits per heavy atom. The van der Waals surface area contributed by atoms with Gasteiger partial charge in [0, 0.05) is 44.3 Å². The van der Waals surface area contributed by atoms with Gasteiger partial charge in [-0.2, -0.15) is 0 Å². The SMILES string of the molecule is CCCSC1=C(SCCC)SC(=c2sc3c4nc(c(-c5c(F)c(F)c(F)c(F)c5F)c5ccc([nH]5)c(-c5c(F)c(F)c(F)c(F)c5F)c5nc(c(-c6c(F)c(F)c(F)c(F)c6F)c6ccc([nH]6)c4-c4c(F)c(F)c(F)c(F)c4F)C=C5)c=3s2)S1. The van der Waals surface area contributed by atoms with Gasteiger partial charge in [-0.25, -0.2) is 97.8 Å². The quantitative estimate of drug-likeness (QED) is 0.0808. The molecule has 84 heavy (non-hydrogen) atoms. The maximum atomic E-state index is 16.7. The molecule has 0 atom stereocenters. The van der Waals surface area contributed by atoms with Crippen LogP contribution in [-0.2, 0) is 0 Å². The number of nitrogens with one attached hydrogen (secondary N) is 2. The highest BCUT2D eigenvalue weighted by molar-refractivity contribution is 8.45. The average molecular weight is 1300 g/mol. The van der Waals surface area contributed by atoms with E-state index in [1.54, 1.807) is 0 Å². The van der Waals surface area contributed by atoms with E-state index in [-0.39, 0.29) is 3.85 Å². The normalized spacial score (nSPS) is 13.2. The lowest BCUT2D eigenvalue weighted by Gasteiger charge is -2.11. The van der Waals surface area contributed by atoms with Crippen molar-refractivity contribution in [1.29, 1.82) is 0 Å². The van der Waals surface area contributed by atoms with E-state index in [2.05, 4.69) is 19.9 Å². The summed E-state index contributed by atoms with van der Waals surface area (Å²) in [5.74, 6) is -51.4. The maximum absolute atomic E-state index is 16.7. The van der Waals surface area contributed by atoms with Gasteiger partial charge in [0.05, 0.1) is 66.5 Å². The smallest absolute Gasteiger partial charge is 0.200 e. The Kier molecular flexibility index (Phi) is 15.7. The van der Waals surface area contributed by atoms with Crippen LogP contribution in [0.4, 0.5) is 87.8 Å². The van der Waals surface area contributed by atoms with E-state index in [1.807, 2.05) is 13.8 Å². The molecule has 4 nitrogen and oxygen atoms in total. The molecule has 0 unspecified atom stereocenters. The summed E-state index contributed by atoms with van der Waals surface area (Å²) >= 11 is 6.60. The Morgan fingerprint density at radius 1 is 0.345 bits per heavy atom. The number of aromatic amines is 2. The van der Waals surface area contributed by atoms with Crippen LogP contribution in [0.3, 0.4) is 0 Å². The summed E-state index contributed by atoms with van der Waals surface area (Å²) in [4.78, 5) is 13.3. The van der Waals surface area contributed by atoms with E-state index < -0.39 is 214 Å². The summed E-state index contributed by atoms with van der Waals surface area (Å²) < 4.78 is 316. The van der Waals surface area contributed by atoms with Crippen molar-refractivity contribution >= 4 is 119 Å². The van der Waals surface area contributed by atoms with E-state index in [0.29, 0.717) is 87.7 Å². The van der Waals surface area contributed by atoms with Crippen molar-refractivity contribution in [3.05, 3.63) is 173 Å². The molecular weight excluding hydrogens is 1280 g/mol. The summed E-state index contributed by atoms with van der Waals surface area (Å²) in [6, 6.07) is 2.76. The third kappa shape index (κ3) is 9.25. The molecule has 0 radical (unpaired) electrons. The third-order valence-corrected chi connectivity index (χ3v) is 21.8. The van der Waals surface area contributed by atoms with Gasteiger partial charge in [0.15, 0.2) is 93.1 Å². The van der Waals surface area contributed by atoms with Crippen molar-refractivity contribution in [3.63, 3.8) is 0 Å². The van der Waals surface area contributed by atoms with Gasteiger partial charge < -0.3 is 9.97 Å². The minimum atomic E-state index is -2.71. The van der Waals surface area contributed by atoms with Crippen LogP contribution in [0.5, 0.6) is 0 Å². The van der Waals surface area contributed by atoms with Crippen LogP contribution in [-0.4, -0.2) is 31.4 Å². The summed E-state index contributed by atoms with van der Waals surface area (Å²) in [5, 5.41) is 0. The van der Waals surface area contributed by atoms with Crippen molar-refractivity contribution in [2.75, 3.05) is 11.5 Å². The minimum absolute atomic E-state index is 0.185. The monoisotopic (exact) mass is 1300 g/mol. The highest BCUT2D eigenvalue weighted by Gasteiger charge is 2.36. The standard InChI is InChI=1S/C54H22F20N4S6/c1-3-11-79-51-52(80-12-4-2)84-54(83-51)53-81-49-47-21(25-31(59)39(67)45(73)40(68)32(25)60)17-9-7-15(76-17)19(23-27(55)35(63)43(71)36(64)28(23)56)13-5-6-14(75-13)20(24-29(57)37(65)44(72)38(66)30(24)58)16-8-10-18(77-16)22(48(78-47)50(49)82-53)26-33(61)41(69)46(74)42(70)34(26)62/h5-10,76-77H,3-4,11-12H2,1-2H3. The molecular formula is C54H22F20N4S6. The Bertz CT molecular complexity index is 4340. The number of hydrogen-bond donors (Lipinski definition) is 2. The Balaban J connectivity index is 1.46. The molecule has 30 heteroatoms. The summed E-state index contributed by atoms with van der Waals surface area (Å²) in [5.41, 5.74) is -20.2. The van der Waals surface area contributed by atoms with E-state index in [4.69, 9.17) is 0 Å². The van der Waals surface area contributed by atoms with Crippen LogP contribution in [0.1, 0.15) is 38.1 Å². The van der Waals surface area contributed by atoms with Crippen LogP contribution < -0.4 is 3.85 Å². The molecule has 3 aromatic heterocycles. The lowest BCUT2D eigenvalue weighted by molar-refractivity contribution is 0.381. The van der Waals surface area contributed by atoms with Crippen LogP contribution in [0.15, 0.2) is 32.7 Å². The maximum Gasteiger partial charge on any atom is 0.200 e. The number of thioether (sulfide) groups is 4. The first-order chi connectivity index (χ1) is 39.9. The van der Waals surface area contributed by atoms with Crippen LogP contribution >= 0.6 is 69.7 Å². The summed E-state index contributed by atoms with van der Waals surface area (Å²) in [7, 11) is 0. The number of nitrogens with zero attached hydrogens (tertiary/aromatic N) is 2. The number of hydrogen-bond acceptors (Lipinski definition) is 8. The van der Waals surface area contributed by atoms with Crippen LogP contribution in [0.2, 0.25) is 0 Å². The summed E-state index contributed by atoms with van der Waals surface area (Å²) in [6.07, 6.45) is 2.66. The molecule has 4 aliphatic rings. The molecule has 0 amide bonds. The molecule has 434 valence electrons. The van der Waals surface area contributed by atoms with Gasteiger partial charge in [-0.15, -0.1) is 46.2 Å². The minimum Gasteiger partial charge on any atom is -0.354 e. The number of rotatable bonds is 10. The molecule has 4 aliphatic heterocycles. The van der Waals surface area contributed by atoms with Crippen molar-refractivity contribution in [2.24, 2.45) is 0 Å². The molecule has 0 aliphatic carbocycles. The average Bonchev–Trinajstić information content (AvgIpc) is 1.69. The largest absolute Gasteiger partial charge is 0.354 e. The zero-order valence-electron chi connectivity index (χ0n) is 41.2. The predicted molar refractivity (Wildman–Crippen MR) is 286 cm³/mol. The predicted octanol–water partition coefficient (Wildman–Crippen LogP) is 19.3. The second kappa shape index (κ2) is 22.4. The molecule has 0 fully saturated rings. The fourth-order valence-corrected chi connectivity index (χ4v) is 17.7. The highest BCUT2D eigenvalue weighted by atomic mass is 32.3. The zero-order chi connectivity index (χ0) is 60.4. The van der Waals surface area contributed by atoms with E-state index in [0.717, 1.165) is 8.47 Å². The van der Waals surface area contributed by atoms with Crippen molar-refractivity contribution in [2.45, 2.75) is 26.7 Å². The van der Waals surface area contributed by atoms with Crippen LogP contribution in [0, 0.1) is 125 Å². The van der Waals surface area contributed by atoms with Crippen molar-refractivity contribution < 1.29 is 87.8 Å². The number of aromatic nitrogens is 4. The van der Waals surface area contributed by atoms with Gasteiger partial charge in [0.2, 0.25) is 23.3 Å². The first-order valence-electron chi connectivity index (χ1n) is 23.7. The van der Waals surface area contributed by atoms with Crippen molar-refractivity contribution in [1.82, 2.24) is 19.9 Å². The molecule has 11 rings (SSSR count). The van der Waals surface area contributed by atoms with Gasteiger partial charge in [-0.05, 0) is 60.8 Å². The highest BCUT2D eigenvalue weighted by Crippen LogP contribution is 2.58. The van der Waals surface area contributed by atoms with E-state index >= 15 is 70.2 Å². The van der Waals surface area contributed by atoms with Gasteiger partial charge >= 0.3 is 0 Å². The van der Waals surface area contributed by atoms with Gasteiger partial charge in [0.25, 0.3) is 0 Å². The Morgan fingerprint density at radius 3 is 0.893 bits per heavy atom. The lowest BCUT2D eigenvalue weighted by atomic mass is 10.0. The molecule has 0 spiro atoms. The van der Waals surface area contributed by atoms with Gasteiger partial charge in [-0.3, -0.25) is 0 Å². The number of benzene rings is 4. The van der Waals surface area contributed by atoms with Gasteiger partial charge in [-0.1, -0.05) is 37.4 Å². The fourth-order valence-electron chi connectivity index (χ4n) is 9.04. The lowest BCUT2D eigenvalue weighted by Crippen LogP contribution is -2.06. The number of H-pyrrole nitrogens is 2. The second-order valence-corrected chi connectivity index (χ2v) is 25.1. The van der Waals surface area contributed by atoms with E-state index in [9.17, 15) is 17.6 Å². The number of halogens is 20. The third-order valence-electron chi connectivity index (χ3n) is 12.7. The fraction of sp³-hybridized carbons (Fsp3) is 0.111. The molecule has 8 bridgehead atoms. The Labute approximate surface area is 480 Å². The molecule has 4 aromatic carbocycles. The molecule has 7 aromatic rings. The second-order valence-electron chi connectivity index (χ2n) is 17.8. The number of fused-ring (bicyclic) bond motifs is 10. The first kappa shape index (κ1) is 59.1. The van der Waals surface area contributed by atoms with Crippen LogP contribution in [0.25, 0.3) is 94.0 Å². The van der Waals surface area contributed by atoms with E-state index in [1.165, 1.54) is 47.0 Å². The van der Waals surface area contributed by atoms with Crippen molar-refractivity contribution in [3.8, 4) is 44.5 Å². The molecule has 2 N–H and O–H groups in total. The topological polar surface area (TPSA) is 57.4 Å². The Hall–Kier alpha value is -6.60.